The Labute approximate surface area is 92.5 Å². The van der Waals surface area contributed by atoms with E-state index >= 15 is 0 Å². The Morgan fingerprint density at radius 1 is 1.60 bits per heavy atom. The van der Waals surface area contributed by atoms with Gasteiger partial charge in [-0.3, -0.25) is 4.79 Å². The van der Waals surface area contributed by atoms with Gasteiger partial charge in [0, 0.05) is 16.3 Å². The maximum atomic E-state index is 10.9. The van der Waals surface area contributed by atoms with Gasteiger partial charge in [-0.05, 0) is 18.2 Å². The molecule has 0 aliphatic heterocycles. The van der Waals surface area contributed by atoms with E-state index in [9.17, 15) is 4.79 Å². The fraction of sp³-hybridized carbons (Fsp3) is 0.200. The van der Waals surface area contributed by atoms with Gasteiger partial charge in [-0.25, -0.2) is 0 Å². The van der Waals surface area contributed by atoms with E-state index in [1.54, 1.807) is 18.2 Å². The second-order valence-electron chi connectivity index (χ2n) is 2.96. The van der Waals surface area contributed by atoms with Crippen LogP contribution in [-0.4, -0.2) is 18.8 Å². The number of benzene rings is 1. The molecule has 5 heteroatoms. The van der Waals surface area contributed by atoms with E-state index in [1.807, 2.05) is 0 Å². The third-order valence-electron chi connectivity index (χ3n) is 1.89. The highest BCUT2D eigenvalue weighted by atomic mass is 35.5. The highest BCUT2D eigenvalue weighted by molar-refractivity contribution is 6.31. The number of ether oxygens (including phenoxy) is 1. The molecule has 3 N–H and O–H groups in total. The normalized spacial score (nSPS) is 9.73. The van der Waals surface area contributed by atoms with E-state index in [2.05, 4.69) is 4.74 Å². The molecule has 15 heavy (non-hydrogen) atoms. The van der Waals surface area contributed by atoms with Gasteiger partial charge in [0.25, 0.3) is 0 Å². The quantitative estimate of drug-likeness (QED) is 0.469. The second-order valence-corrected chi connectivity index (χ2v) is 3.40. The molecule has 1 aromatic carbocycles. The molecule has 1 rings (SSSR count). The lowest BCUT2D eigenvalue weighted by molar-refractivity contribution is -0.139. The summed E-state index contributed by atoms with van der Waals surface area (Å²) in [5.41, 5.74) is 6.67. The fourth-order valence-electron chi connectivity index (χ4n) is 1.12. The number of carbonyl (C=O) groups is 1. The number of nitrogens with one attached hydrogen (secondary N) is 1. The van der Waals surface area contributed by atoms with Crippen molar-refractivity contribution in [3.8, 4) is 0 Å². The number of hydrogen-bond acceptors (Lipinski definition) is 4. The van der Waals surface area contributed by atoms with Crippen molar-refractivity contribution in [2.45, 2.75) is 6.42 Å². The van der Waals surface area contributed by atoms with Crippen LogP contribution in [-0.2, 0) is 9.53 Å². The zero-order chi connectivity index (χ0) is 11.4. The zero-order valence-electron chi connectivity index (χ0n) is 8.21. The summed E-state index contributed by atoms with van der Waals surface area (Å²) in [5.74, 6) is -0.464. The lowest BCUT2D eigenvalue weighted by atomic mass is 10.1. The van der Waals surface area contributed by atoms with Gasteiger partial charge in [0.05, 0.1) is 19.2 Å². The van der Waals surface area contributed by atoms with Crippen LogP contribution in [0.3, 0.4) is 0 Å². The number of rotatable bonds is 3. The summed E-state index contributed by atoms with van der Waals surface area (Å²) in [6.45, 7) is 0. The summed E-state index contributed by atoms with van der Waals surface area (Å²) >= 11 is 5.71. The van der Waals surface area contributed by atoms with Gasteiger partial charge in [0.1, 0.15) is 0 Å². The van der Waals surface area contributed by atoms with E-state index < -0.39 is 5.97 Å². The van der Waals surface area contributed by atoms with Crippen molar-refractivity contribution < 1.29 is 9.53 Å². The molecule has 0 unspecified atom stereocenters. The molecular formula is C10H11ClN2O2. The number of halogens is 1. The molecule has 0 bridgehead atoms. The minimum Gasteiger partial charge on any atom is -0.469 e. The summed E-state index contributed by atoms with van der Waals surface area (Å²) in [5, 5.41) is 8.15. The maximum absolute atomic E-state index is 10.9. The molecule has 0 atom stereocenters. The molecule has 80 valence electrons. The van der Waals surface area contributed by atoms with Crippen LogP contribution in [0.1, 0.15) is 12.0 Å². The lowest BCUT2D eigenvalue weighted by Gasteiger charge is -2.06. The van der Waals surface area contributed by atoms with Gasteiger partial charge in [0.15, 0.2) is 0 Å². The molecule has 0 amide bonds. The monoisotopic (exact) mass is 226 g/mol. The molecule has 0 fully saturated rings. The van der Waals surface area contributed by atoms with Crippen LogP contribution in [0.25, 0.3) is 0 Å². The predicted octanol–water partition coefficient (Wildman–Crippen LogP) is 1.85. The van der Waals surface area contributed by atoms with E-state index in [0.29, 0.717) is 16.3 Å². The summed E-state index contributed by atoms with van der Waals surface area (Å²) in [6, 6.07) is 4.78. The SMILES string of the molecule is COC(=O)CC(=N)c1ccc(Cl)cc1N. The lowest BCUT2D eigenvalue weighted by Crippen LogP contribution is -2.11. The highest BCUT2D eigenvalue weighted by Crippen LogP contribution is 2.19. The average molecular weight is 227 g/mol. The van der Waals surface area contributed by atoms with Gasteiger partial charge in [-0.15, -0.1) is 0 Å². The molecule has 0 saturated carbocycles. The Morgan fingerprint density at radius 3 is 2.80 bits per heavy atom. The maximum Gasteiger partial charge on any atom is 0.311 e. The third-order valence-corrected chi connectivity index (χ3v) is 2.12. The van der Waals surface area contributed by atoms with Crippen molar-refractivity contribution in [1.82, 2.24) is 0 Å². The van der Waals surface area contributed by atoms with Crippen LogP contribution in [0.4, 0.5) is 5.69 Å². The molecule has 1 aromatic rings. The Balaban J connectivity index is 2.87. The van der Waals surface area contributed by atoms with Crippen molar-refractivity contribution in [3.63, 3.8) is 0 Å². The summed E-state index contributed by atoms with van der Waals surface area (Å²) in [4.78, 5) is 10.9. The molecule has 0 radical (unpaired) electrons. The smallest absolute Gasteiger partial charge is 0.311 e. The van der Waals surface area contributed by atoms with Crippen LogP contribution in [0.5, 0.6) is 0 Å². The number of esters is 1. The summed E-state index contributed by atoms with van der Waals surface area (Å²) < 4.78 is 4.46. The van der Waals surface area contributed by atoms with Crippen molar-refractivity contribution in [1.29, 1.82) is 5.41 Å². The van der Waals surface area contributed by atoms with Crippen molar-refractivity contribution >= 4 is 29.0 Å². The molecule has 0 spiro atoms. The van der Waals surface area contributed by atoms with Crippen LogP contribution in [0, 0.1) is 5.41 Å². The minimum absolute atomic E-state index is 0.0949. The van der Waals surface area contributed by atoms with E-state index in [-0.39, 0.29) is 12.1 Å². The molecule has 0 saturated heterocycles. The van der Waals surface area contributed by atoms with Gasteiger partial charge in [-0.2, -0.15) is 0 Å². The molecular weight excluding hydrogens is 216 g/mol. The standard InChI is InChI=1S/C10H11ClN2O2/c1-15-10(14)5-9(13)7-3-2-6(11)4-8(7)12/h2-4,13H,5,12H2,1H3. The number of anilines is 1. The van der Waals surface area contributed by atoms with Gasteiger partial charge in [0.2, 0.25) is 0 Å². The van der Waals surface area contributed by atoms with Crippen LogP contribution < -0.4 is 5.73 Å². The predicted molar refractivity (Wildman–Crippen MR) is 59.3 cm³/mol. The number of nitrogens with two attached hydrogens (primary N) is 1. The molecule has 4 nitrogen and oxygen atoms in total. The largest absolute Gasteiger partial charge is 0.469 e. The first-order valence-corrected chi connectivity index (χ1v) is 4.62. The van der Waals surface area contributed by atoms with E-state index in [4.69, 9.17) is 22.7 Å². The summed E-state index contributed by atoms with van der Waals surface area (Å²) in [6.07, 6.45) is -0.0949. The minimum atomic E-state index is -0.464. The van der Waals surface area contributed by atoms with Crippen LogP contribution in [0.15, 0.2) is 18.2 Å². The topological polar surface area (TPSA) is 76.2 Å². The molecule has 0 aromatic heterocycles. The molecule has 0 heterocycles. The first-order chi connectivity index (χ1) is 7.04. The Hall–Kier alpha value is -1.55. The Kier molecular flexibility index (Phi) is 3.68. The van der Waals surface area contributed by atoms with Gasteiger partial charge < -0.3 is 15.9 Å². The van der Waals surface area contributed by atoms with Crippen LogP contribution >= 0.6 is 11.6 Å². The second kappa shape index (κ2) is 4.79. The van der Waals surface area contributed by atoms with Gasteiger partial charge in [-0.1, -0.05) is 11.6 Å². The average Bonchev–Trinajstić information content (AvgIpc) is 2.17. The Bertz CT molecular complexity index is 404. The molecule has 0 aliphatic rings. The third kappa shape index (κ3) is 2.95. The Morgan fingerprint density at radius 2 is 2.27 bits per heavy atom. The fourth-order valence-corrected chi connectivity index (χ4v) is 1.30. The number of hydrogen-bond donors (Lipinski definition) is 2. The van der Waals surface area contributed by atoms with E-state index in [0.717, 1.165) is 0 Å². The zero-order valence-corrected chi connectivity index (χ0v) is 8.97. The van der Waals surface area contributed by atoms with Crippen molar-refractivity contribution in [3.05, 3.63) is 28.8 Å². The van der Waals surface area contributed by atoms with E-state index in [1.165, 1.54) is 7.11 Å². The first-order valence-electron chi connectivity index (χ1n) is 4.24. The highest BCUT2D eigenvalue weighted by Gasteiger charge is 2.10. The first kappa shape index (κ1) is 11.5. The summed E-state index contributed by atoms with van der Waals surface area (Å²) in [7, 11) is 1.28. The number of carbonyl (C=O) groups excluding carboxylic acids is 1. The van der Waals surface area contributed by atoms with Crippen LogP contribution in [0.2, 0.25) is 5.02 Å². The number of methoxy groups -OCH3 is 1. The van der Waals surface area contributed by atoms with Gasteiger partial charge >= 0.3 is 5.97 Å². The number of nitrogen functional groups attached to an aromatic ring is 1. The van der Waals surface area contributed by atoms with Crippen molar-refractivity contribution in [2.75, 3.05) is 12.8 Å². The molecule has 0 aliphatic carbocycles. The van der Waals surface area contributed by atoms with Crippen molar-refractivity contribution in [2.24, 2.45) is 0 Å².